The van der Waals surface area contributed by atoms with Crippen molar-refractivity contribution in [3.63, 3.8) is 0 Å². The van der Waals surface area contributed by atoms with Crippen LogP contribution in [0.1, 0.15) is 26.7 Å². The van der Waals surface area contributed by atoms with E-state index >= 15 is 0 Å². The maximum absolute atomic E-state index is 12.3. The van der Waals surface area contributed by atoms with E-state index in [0.717, 1.165) is 5.16 Å². The minimum absolute atomic E-state index is 0.214. The zero-order chi connectivity index (χ0) is 18.5. The third-order valence-corrected chi connectivity index (χ3v) is 4.70. The van der Waals surface area contributed by atoms with Crippen LogP contribution in [0.4, 0.5) is 5.69 Å². The van der Waals surface area contributed by atoms with E-state index in [9.17, 15) is 9.59 Å². The number of carbonyl (C=O) groups excluding carboxylic acids is 2. The number of rotatable bonds is 6. The Bertz CT molecular complexity index is 932. The fourth-order valence-electron chi connectivity index (χ4n) is 2.28. The molecular formula is C18H18N4O3S. The quantitative estimate of drug-likeness (QED) is 0.651. The fourth-order valence-corrected chi connectivity index (χ4v) is 3.11. The highest BCUT2D eigenvalue weighted by atomic mass is 32.2. The first kappa shape index (κ1) is 17.8. The van der Waals surface area contributed by atoms with Gasteiger partial charge in [-0.2, -0.15) is 0 Å². The molecule has 2 amide bonds. The van der Waals surface area contributed by atoms with Crippen molar-refractivity contribution in [2.45, 2.75) is 10.9 Å². The second-order valence-corrected chi connectivity index (χ2v) is 6.43. The number of anilines is 1. The van der Waals surface area contributed by atoms with Crippen molar-refractivity contribution < 1.29 is 14.0 Å². The molecule has 26 heavy (non-hydrogen) atoms. The summed E-state index contributed by atoms with van der Waals surface area (Å²) in [5, 5.41) is 6.15. The molecule has 2 heterocycles. The van der Waals surface area contributed by atoms with Crippen LogP contribution < -0.4 is 10.6 Å². The van der Waals surface area contributed by atoms with Gasteiger partial charge in [0.05, 0.1) is 5.75 Å². The summed E-state index contributed by atoms with van der Waals surface area (Å²) >= 11 is 1.53. The lowest BCUT2D eigenvalue weighted by atomic mass is 10.2. The lowest BCUT2D eigenvalue weighted by Gasteiger charge is -2.05. The summed E-state index contributed by atoms with van der Waals surface area (Å²) in [6.45, 7) is 0. The molecular weight excluding hydrogens is 352 g/mol. The van der Waals surface area contributed by atoms with Crippen molar-refractivity contribution in [2.75, 3.05) is 12.4 Å². The molecule has 0 aliphatic heterocycles. The van der Waals surface area contributed by atoms with Gasteiger partial charge in [-0.05, 0) is 30.3 Å². The number of carbonyl (C=O) groups is 2. The molecule has 0 aliphatic carbocycles. The lowest BCUT2D eigenvalue weighted by molar-refractivity contribution is 0.0960. The SMILES string of the molecule is CNC(=O)c1cccc(NC(=O)c2ccc(CSc3nccn3C)o2)c1. The van der Waals surface area contributed by atoms with Gasteiger partial charge in [0.1, 0.15) is 5.76 Å². The fraction of sp³-hybridized carbons (Fsp3) is 0.167. The lowest BCUT2D eigenvalue weighted by Crippen LogP contribution is -2.18. The molecule has 0 radical (unpaired) electrons. The molecule has 0 aliphatic rings. The summed E-state index contributed by atoms with van der Waals surface area (Å²) in [5.41, 5.74) is 0.994. The zero-order valence-corrected chi connectivity index (χ0v) is 15.2. The first-order valence-corrected chi connectivity index (χ1v) is 8.87. The Labute approximate surface area is 154 Å². The Morgan fingerprint density at radius 1 is 1.23 bits per heavy atom. The van der Waals surface area contributed by atoms with E-state index in [1.807, 2.05) is 17.8 Å². The van der Waals surface area contributed by atoms with E-state index in [0.29, 0.717) is 22.8 Å². The van der Waals surface area contributed by atoms with Crippen molar-refractivity contribution in [1.82, 2.24) is 14.9 Å². The van der Waals surface area contributed by atoms with Crippen LogP contribution in [0.5, 0.6) is 0 Å². The second kappa shape index (κ2) is 7.92. The van der Waals surface area contributed by atoms with Crippen LogP contribution in [0.25, 0.3) is 0 Å². The molecule has 0 atom stereocenters. The molecule has 0 saturated carbocycles. The van der Waals surface area contributed by atoms with E-state index in [1.165, 1.54) is 11.8 Å². The predicted octanol–water partition coefficient (Wildman–Crippen LogP) is 2.92. The maximum Gasteiger partial charge on any atom is 0.291 e. The number of imidazole rings is 1. The number of nitrogens with one attached hydrogen (secondary N) is 2. The molecule has 8 heteroatoms. The number of benzene rings is 1. The van der Waals surface area contributed by atoms with Gasteiger partial charge in [0.2, 0.25) is 0 Å². The third kappa shape index (κ3) is 4.15. The normalized spacial score (nSPS) is 10.5. The van der Waals surface area contributed by atoms with Crippen molar-refractivity contribution in [2.24, 2.45) is 7.05 Å². The van der Waals surface area contributed by atoms with Crippen LogP contribution in [0.2, 0.25) is 0 Å². The van der Waals surface area contributed by atoms with E-state index < -0.39 is 0 Å². The summed E-state index contributed by atoms with van der Waals surface area (Å²) in [6, 6.07) is 10.1. The molecule has 0 fully saturated rings. The molecule has 2 N–H and O–H groups in total. The van der Waals surface area contributed by atoms with Gasteiger partial charge in [0, 0.05) is 37.7 Å². The molecule has 2 aromatic heterocycles. The maximum atomic E-state index is 12.3. The molecule has 3 aromatic rings. The molecule has 7 nitrogen and oxygen atoms in total. The monoisotopic (exact) mass is 370 g/mol. The number of amides is 2. The van der Waals surface area contributed by atoms with E-state index in [2.05, 4.69) is 15.6 Å². The van der Waals surface area contributed by atoms with Crippen LogP contribution in [0, 0.1) is 0 Å². The van der Waals surface area contributed by atoms with Gasteiger partial charge >= 0.3 is 0 Å². The van der Waals surface area contributed by atoms with E-state index in [1.54, 1.807) is 49.6 Å². The summed E-state index contributed by atoms with van der Waals surface area (Å²) < 4.78 is 7.52. The van der Waals surface area contributed by atoms with Crippen LogP contribution in [-0.2, 0) is 12.8 Å². The molecule has 1 aromatic carbocycles. The molecule has 3 rings (SSSR count). The highest BCUT2D eigenvalue weighted by Gasteiger charge is 2.13. The molecule has 0 saturated heterocycles. The Kier molecular flexibility index (Phi) is 5.43. The van der Waals surface area contributed by atoms with Crippen molar-refractivity contribution in [1.29, 1.82) is 0 Å². The third-order valence-electron chi connectivity index (χ3n) is 3.62. The number of hydrogen-bond donors (Lipinski definition) is 2. The van der Waals surface area contributed by atoms with Crippen molar-refractivity contribution in [3.05, 3.63) is 65.9 Å². The van der Waals surface area contributed by atoms with Crippen LogP contribution in [0.3, 0.4) is 0 Å². The minimum atomic E-state index is -0.368. The smallest absolute Gasteiger partial charge is 0.291 e. The van der Waals surface area contributed by atoms with E-state index in [4.69, 9.17) is 4.42 Å². The number of aromatic nitrogens is 2. The topological polar surface area (TPSA) is 89.2 Å². The first-order valence-electron chi connectivity index (χ1n) is 7.89. The Hall–Kier alpha value is -3.00. The number of hydrogen-bond acceptors (Lipinski definition) is 5. The first-order chi connectivity index (χ1) is 12.6. The summed E-state index contributed by atoms with van der Waals surface area (Å²) in [6.07, 6.45) is 3.60. The number of furan rings is 1. The molecule has 0 spiro atoms. The van der Waals surface area contributed by atoms with E-state index in [-0.39, 0.29) is 17.6 Å². The summed E-state index contributed by atoms with van der Waals surface area (Å²) in [5.74, 6) is 0.887. The van der Waals surface area contributed by atoms with Gasteiger partial charge in [-0.3, -0.25) is 9.59 Å². The second-order valence-electron chi connectivity index (χ2n) is 5.49. The summed E-state index contributed by atoms with van der Waals surface area (Å²) in [4.78, 5) is 28.2. The van der Waals surface area contributed by atoms with Gasteiger partial charge < -0.3 is 19.6 Å². The molecule has 0 bridgehead atoms. The Morgan fingerprint density at radius 2 is 2.08 bits per heavy atom. The molecule has 134 valence electrons. The average molecular weight is 370 g/mol. The van der Waals surface area contributed by atoms with Gasteiger partial charge in [-0.1, -0.05) is 17.8 Å². The highest BCUT2D eigenvalue weighted by molar-refractivity contribution is 7.98. The van der Waals surface area contributed by atoms with Crippen LogP contribution >= 0.6 is 11.8 Å². The van der Waals surface area contributed by atoms with Gasteiger partial charge in [-0.15, -0.1) is 0 Å². The van der Waals surface area contributed by atoms with Gasteiger partial charge in [-0.25, -0.2) is 4.98 Å². The molecule has 0 unspecified atom stereocenters. The summed E-state index contributed by atoms with van der Waals surface area (Å²) in [7, 11) is 3.48. The zero-order valence-electron chi connectivity index (χ0n) is 14.4. The van der Waals surface area contributed by atoms with Crippen LogP contribution in [0.15, 0.2) is 58.4 Å². The van der Waals surface area contributed by atoms with Crippen molar-refractivity contribution in [3.8, 4) is 0 Å². The largest absolute Gasteiger partial charge is 0.455 e. The number of nitrogens with zero attached hydrogens (tertiary/aromatic N) is 2. The number of aryl methyl sites for hydroxylation is 1. The predicted molar refractivity (Wildman–Crippen MR) is 99.3 cm³/mol. The Morgan fingerprint density at radius 3 is 2.81 bits per heavy atom. The van der Waals surface area contributed by atoms with Crippen LogP contribution in [-0.4, -0.2) is 28.4 Å². The standard InChI is InChI=1S/C18H18N4O3S/c1-19-16(23)12-4-3-5-13(10-12)21-17(24)15-7-6-14(25-15)11-26-18-20-8-9-22(18)2/h3-10H,11H2,1-2H3,(H,19,23)(H,21,24). The Balaban J connectivity index is 1.63. The highest BCUT2D eigenvalue weighted by Crippen LogP contribution is 2.22. The van der Waals surface area contributed by atoms with Crippen molar-refractivity contribution >= 4 is 29.3 Å². The van der Waals surface area contributed by atoms with Gasteiger partial charge in [0.25, 0.3) is 11.8 Å². The van der Waals surface area contributed by atoms with Gasteiger partial charge in [0.15, 0.2) is 10.9 Å². The number of thioether (sulfide) groups is 1. The average Bonchev–Trinajstić information content (AvgIpc) is 3.28. The minimum Gasteiger partial charge on any atom is -0.455 e.